The Hall–Kier alpha value is -3.87. The van der Waals surface area contributed by atoms with Gasteiger partial charge in [0.15, 0.2) is 5.76 Å². The van der Waals surface area contributed by atoms with Gasteiger partial charge in [0.2, 0.25) is 5.78 Å². The summed E-state index contributed by atoms with van der Waals surface area (Å²) in [5, 5.41) is 0. The van der Waals surface area contributed by atoms with E-state index in [4.69, 9.17) is 18.9 Å². The summed E-state index contributed by atoms with van der Waals surface area (Å²) in [5.74, 6) is 0.0573. The Kier molecular flexibility index (Phi) is 10.4. The van der Waals surface area contributed by atoms with Gasteiger partial charge in [-0.3, -0.25) is 14.4 Å². The van der Waals surface area contributed by atoms with Crippen LogP contribution in [0.15, 0.2) is 54.8 Å². The Balaban J connectivity index is 2.61. The van der Waals surface area contributed by atoms with E-state index in [1.807, 2.05) is 33.8 Å². The smallest absolute Gasteiger partial charge is 0.316 e. The maximum absolute atomic E-state index is 13.4. The molecule has 0 aliphatic heterocycles. The molecular formula is C34H44O7. The lowest BCUT2D eigenvalue weighted by atomic mass is 9.83. The molecule has 0 amide bonds. The van der Waals surface area contributed by atoms with Crippen molar-refractivity contribution in [1.82, 2.24) is 0 Å². The highest BCUT2D eigenvalue weighted by Crippen LogP contribution is 2.40. The van der Waals surface area contributed by atoms with Crippen LogP contribution in [0.4, 0.5) is 0 Å². The van der Waals surface area contributed by atoms with Gasteiger partial charge in [-0.2, -0.15) is 0 Å². The molecule has 7 heteroatoms. The fourth-order valence-electron chi connectivity index (χ4n) is 3.43. The SMILES string of the molecule is C=CC(C)(C)c1cc(C=C(OC)C(=O)c2ccc(OC(=O)C(C)(C)C)cc2)c(OC(C)C)cc1OC(=O)C(C)(C)C. The highest BCUT2D eigenvalue weighted by molar-refractivity contribution is 6.10. The third-order valence-electron chi connectivity index (χ3n) is 6.16. The fourth-order valence-corrected chi connectivity index (χ4v) is 3.43. The van der Waals surface area contributed by atoms with Crippen molar-refractivity contribution < 1.29 is 33.3 Å². The van der Waals surface area contributed by atoms with E-state index in [1.54, 1.807) is 84.0 Å². The molecule has 2 rings (SSSR count). The fraction of sp³-hybridized carbons (Fsp3) is 0.441. The summed E-state index contributed by atoms with van der Waals surface area (Å²) in [6.07, 6.45) is 3.17. The number of hydrogen-bond donors (Lipinski definition) is 0. The number of hydrogen-bond acceptors (Lipinski definition) is 7. The lowest BCUT2D eigenvalue weighted by molar-refractivity contribution is -0.143. The number of carbonyl (C=O) groups excluding carboxylic acids is 3. The number of methoxy groups -OCH3 is 1. The first-order valence-electron chi connectivity index (χ1n) is 13.6. The van der Waals surface area contributed by atoms with Crippen molar-refractivity contribution in [1.29, 1.82) is 0 Å². The van der Waals surface area contributed by atoms with Crippen molar-refractivity contribution in [2.45, 2.75) is 80.8 Å². The molecule has 41 heavy (non-hydrogen) atoms. The first kappa shape index (κ1) is 33.3. The number of carbonyl (C=O) groups is 3. The summed E-state index contributed by atoms with van der Waals surface area (Å²) in [4.78, 5) is 38.5. The van der Waals surface area contributed by atoms with Crippen LogP contribution in [0.3, 0.4) is 0 Å². The van der Waals surface area contributed by atoms with E-state index in [2.05, 4.69) is 6.58 Å². The molecule has 0 aliphatic carbocycles. The second-order valence-corrected chi connectivity index (χ2v) is 12.8. The van der Waals surface area contributed by atoms with Gasteiger partial charge in [0.05, 0.1) is 24.0 Å². The van der Waals surface area contributed by atoms with Crippen LogP contribution < -0.4 is 14.2 Å². The third kappa shape index (κ3) is 8.81. The van der Waals surface area contributed by atoms with Crippen molar-refractivity contribution in [3.63, 3.8) is 0 Å². The molecule has 0 spiro atoms. The van der Waals surface area contributed by atoms with Crippen LogP contribution >= 0.6 is 0 Å². The quantitative estimate of drug-likeness (QED) is 0.0729. The van der Waals surface area contributed by atoms with Gasteiger partial charge in [-0.15, -0.1) is 6.58 Å². The second-order valence-electron chi connectivity index (χ2n) is 12.8. The van der Waals surface area contributed by atoms with Gasteiger partial charge in [0.1, 0.15) is 17.2 Å². The Morgan fingerprint density at radius 2 is 1.34 bits per heavy atom. The third-order valence-corrected chi connectivity index (χ3v) is 6.16. The number of ketones is 1. The number of ether oxygens (including phenoxy) is 4. The Morgan fingerprint density at radius 3 is 1.80 bits per heavy atom. The van der Waals surface area contributed by atoms with Gasteiger partial charge in [-0.1, -0.05) is 19.9 Å². The summed E-state index contributed by atoms with van der Waals surface area (Å²) >= 11 is 0. The summed E-state index contributed by atoms with van der Waals surface area (Å²) in [6, 6.07) is 9.79. The predicted octanol–water partition coefficient (Wildman–Crippen LogP) is 7.71. The molecule has 0 heterocycles. The molecule has 2 aromatic carbocycles. The molecule has 0 radical (unpaired) electrons. The number of esters is 2. The van der Waals surface area contributed by atoms with Crippen molar-refractivity contribution in [3.8, 4) is 17.2 Å². The average Bonchev–Trinajstić information content (AvgIpc) is 2.86. The zero-order chi connectivity index (χ0) is 31.3. The minimum Gasteiger partial charge on any atom is -0.493 e. The number of rotatable bonds is 10. The van der Waals surface area contributed by atoms with Crippen molar-refractivity contribution in [2.75, 3.05) is 7.11 Å². The molecule has 0 saturated carbocycles. The van der Waals surface area contributed by atoms with E-state index in [-0.39, 0.29) is 29.6 Å². The van der Waals surface area contributed by atoms with E-state index in [1.165, 1.54) is 7.11 Å². The van der Waals surface area contributed by atoms with E-state index < -0.39 is 16.2 Å². The van der Waals surface area contributed by atoms with E-state index >= 15 is 0 Å². The van der Waals surface area contributed by atoms with E-state index in [9.17, 15) is 14.4 Å². The van der Waals surface area contributed by atoms with Gasteiger partial charge in [-0.25, -0.2) is 0 Å². The maximum Gasteiger partial charge on any atom is 0.316 e. The van der Waals surface area contributed by atoms with Gasteiger partial charge < -0.3 is 18.9 Å². The lowest BCUT2D eigenvalue weighted by Gasteiger charge is -2.27. The monoisotopic (exact) mass is 564 g/mol. The van der Waals surface area contributed by atoms with Crippen molar-refractivity contribution >= 4 is 23.8 Å². The molecule has 0 bridgehead atoms. The van der Waals surface area contributed by atoms with Gasteiger partial charge in [-0.05, 0) is 91.8 Å². The van der Waals surface area contributed by atoms with Crippen molar-refractivity contribution in [3.05, 3.63) is 71.5 Å². The lowest BCUT2D eigenvalue weighted by Crippen LogP contribution is -2.27. The topological polar surface area (TPSA) is 88.1 Å². The van der Waals surface area contributed by atoms with Crippen LogP contribution in [-0.4, -0.2) is 30.9 Å². The van der Waals surface area contributed by atoms with E-state index in [0.29, 0.717) is 33.9 Å². The van der Waals surface area contributed by atoms with Crippen LogP contribution in [0.5, 0.6) is 17.2 Å². The molecule has 0 saturated heterocycles. The summed E-state index contributed by atoms with van der Waals surface area (Å²) in [5.41, 5.74) is -0.341. The molecule has 0 fully saturated rings. The highest BCUT2D eigenvalue weighted by atomic mass is 16.5. The molecule has 222 valence electrons. The average molecular weight is 565 g/mol. The predicted molar refractivity (Wildman–Crippen MR) is 161 cm³/mol. The van der Waals surface area contributed by atoms with Crippen LogP contribution in [0.2, 0.25) is 0 Å². The van der Waals surface area contributed by atoms with Crippen LogP contribution in [0.1, 0.15) is 90.7 Å². The first-order chi connectivity index (χ1) is 18.8. The number of allylic oxidation sites excluding steroid dienone is 2. The van der Waals surface area contributed by atoms with Crippen molar-refractivity contribution in [2.24, 2.45) is 10.8 Å². The number of benzene rings is 2. The Morgan fingerprint density at radius 1 is 0.805 bits per heavy atom. The summed E-state index contributed by atoms with van der Waals surface area (Å²) in [7, 11) is 1.42. The Labute approximate surface area is 244 Å². The standard InChI is InChI=1S/C34H44O7/c1-13-34(10,11)25-18-23(26(39-21(2)3)20-27(25)41-31(37)33(7,8)9)19-28(38-12)29(35)22-14-16-24(17-15-22)40-30(36)32(4,5)6/h13-21H,1H2,2-12H3. The van der Waals surface area contributed by atoms with Crippen LogP contribution in [0.25, 0.3) is 6.08 Å². The summed E-state index contributed by atoms with van der Waals surface area (Å²) in [6.45, 7) is 22.3. The maximum atomic E-state index is 13.4. The van der Waals surface area contributed by atoms with Gasteiger partial charge >= 0.3 is 11.9 Å². The minimum absolute atomic E-state index is 0.0693. The first-order valence-corrected chi connectivity index (χ1v) is 13.6. The zero-order valence-corrected chi connectivity index (χ0v) is 26.3. The zero-order valence-electron chi connectivity index (χ0n) is 26.3. The molecule has 0 atom stereocenters. The summed E-state index contributed by atoms with van der Waals surface area (Å²) < 4.78 is 22.9. The van der Waals surface area contributed by atoms with Gasteiger partial charge in [0, 0.05) is 28.2 Å². The number of Topliss-reactive ketones (excluding diaryl/α,β-unsaturated/α-hetero) is 1. The largest absolute Gasteiger partial charge is 0.493 e. The van der Waals surface area contributed by atoms with Gasteiger partial charge in [0.25, 0.3) is 0 Å². The normalized spacial score (nSPS) is 12.5. The molecule has 2 aromatic rings. The molecule has 0 unspecified atom stereocenters. The van der Waals surface area contributed by atoms with Crippen LogP contribution in [-0.2, 0) is 19.7 Å². The Bertz CT molecular complexity index is 1310. The molecule has 0 N–H and O–H groups in total. The highest BCUT2D eigenvalue weighted by Gasteiger charge is 2.30. The molecule has 0 aliphatic rings. The molecular weight excluding hydrogens is 520 g/mol. The molecule has 7 nitrogen and oxygen atoms in total. The minimum atomic E-state index is -0.719. The second kappa shape index (κ2) is 12.8. The van der Waals surface area contributed by atoms with Crippen LogP contribution in [0, 0.1) is 10.8 Å². The molecule has 0 aromatic heterocycles. The van der Waals surface area contributed by atoms with E-state index in [0.717, 1.165) is 0 Å².